The lowest BCUT2D eigenvalue weighted by Crippen LogP contribution is -1.86. The van der Waals surface area contributed by atoms with Crippen molar-refractivity contribution in [3.63, 3.8) is 0 Å². The first kappa shape index (κ1) is 13.7. The Kier molecular flexibility index (Phi) is 2.75. The van der Waals surface area contributed by atoms with Gasteiger partial charge in [-0.3, -0.25) is 0 Å². The molecule has 4 N–H and O–H groups in total. The molecule has 4 aromatic rings. The number of hydrogen-bond acceptors (Lipinski definition) is 6. The quantitative estimate of drug-likeness (QED) is 0.551. The molecule has 2 heterocycles. The normalized spacial score (nSPS) is 10.8. The van der Waals surface area contributed by atoms with Crippen LogP contribution in [0.15, 0.2) is 45.2 Å². The Labute approximate surface area is 136 Å². The lowest BCUT2D eigenvalue weighted by molar-refractivity contribution is 0.633. The standard InChI is InChI=1S/C18H10N4O2/c19-7-11-10-6-13-15(12(8-20)18(22)23-13)14(16(10)24-17(11)21)9-4-2-1-3-5-9/h1-6H,21-22H2. The number of nitriles is 2. The van der Waals surface area contributed by atoms with Crippen molar-refractivity contribution in [1.82, 2.24) is 0 Å². The maximum absolute atomic E-state index is 9.46. The zero-order valence-corrected chi connectivity index (χ0v) is 12.3. The van der Waals surface area contributed by atoms with Crippen molar-refractivity contribution in [2.75, 3.05) is 11.5 Å². The van der Waals surface area contributed by atoms with E-state index in [9.17, 15) is 10.5 Å². The van der Waals surface area contributed by atoms with Gasteiger partial charge in [-0.2, -0.15) is 10.5 Å². The monoisotopic (exact) mass is 314 g/mol. The zero-order chi connectivity index (χ0) is 16.8. The van der Waals surface area contributed by atoms with Gasteiger partial charge in [0.25, 0.3) is 0 Å². The van der Waals surface area contributed by atoms with Crippen LogP contribution in [0.2, 0.25) is 0 Å². The number of nitrogens with zero attached hydrogens (tertiary/aromatic N) is 2. The number of furan rings is 2. The van der Waals surface area contributed by atoms with Crippen molar-refractivity contribution >= 4 is 33.7 Å². The van der Waals surface area contributed by atoms with Gasteiger partial charge in [0.15, 0.2) is 0 Å². The smallest absolute Gasteiger partial charge is 0.209 e. The molecule has 0 unspecified atom stereocenters. The Balaban J connectivity index is 2.31. The molecular formula is C18H10N4O2. The van der Waals surface area contributed by atoms with Crippen LogP contribution in [0.1, 0.15) is 11.1 Å². The minimum atomic E-state index is 0.0313. The van der Waals surface area contributed by atoms with Crippen LogP contribution < -0.4 is 11.5 Å². The third-order valence-corrected chi connectivity index (χ3v) is 3.97. The maximum Gasteiger partial charge on any atom is 0.209 e. The predicted octanol–water partition coefficient (Wildman–Crippen LogP) is 3.75. The largest absolute Gasteiger partial charge is 0.439 e. The van der Waals surface area contributed by atoms with Crippen LogP contribution in [0, 0.1) is 22.7 Å². The lowest BCUT2D eigenvalue weighted by Gasteiger charge is -2.05. The topological polar surface area (TPSA) is 126 Å². The Morgan fingerprint density at radius 1 is 0.875 bits per heavy atom. The molecular weight excluding hydrogens is 304 g/mol. The molecule has 24 heavy (non-hydrogen) atoms. The molecule has 0 fully saturated rings. The van der Waals surface area contributed by atoms with Crippen LogP contribution in [0.3, 0.4) is 0 Å². The molecule has 6 heteroatoms. The fourth-order valence-corrected chi connectivity index (χ4v) is 2.95. The van der Waals surface area contributed by atoms with Crippen molar-refractivity contribution in [2.24, 2.45) is 0 Å². The minimum Gasteiger partial charge on any atom is -0.439 e. The second kappa shape index (κ2) is 4.80. The number of rotatable bonds is 1. The third kappa shape index (κ3) is 1.68. The van der Waals surface area contributed by atoms with Crippen molar-refractivity contribution in [3.05, 3.63) is 47.5 Å². The first-order chi connectivity index (χ1) is 11.7. The molecule has 0 aliphatic carbocycles. The average Bonchev–Trinajstić information content (AvgIpc) is 3.07. The van der Waals surface area contributed by atoms with E-state index < -0.39 is 0 Å². The summed E-state index contributed by atoms with van der Waals surface area (Å²) in [5.41, 5.74) is 14.4. The van der Waals surface area contributed by atoms with E-state index in [1.165, 1.54) is 0 Å². The Morgan fingerprint density at radius 2 is 1.54 bits per heavy atom. The van der Waals surface area contributed by atoms with Crippen LogP contribution in [-0.4, -0.2) is 0 Å². The fraction of sp³-hybridized carbons (Fsp3) is 0. The maximum atomic E-state index is 9.46. The number of nitrogens with two attached hydrogens (primary N) is 2. The lowest BCUT2D eigenvalue weighted by atomic mass is 9.96. The molecule has 4 rings (SSSR count). The number of benzene rings is 2. The van der Waals surface area contributed by atoms with Gasteiger partial charge in [-0.25, -0.2) is 0 Å². The van der Waals surface area contributed by atoms with Gasteiger partial charge in [-0.05, 0) is 11.6 Å². The van der Waals surface area contributed by atoms with Gasteiger partial charge in [0.1, 0.15) is 34.4 Å². The van der Waals surface area contributed by atoms with Gasteiger partial charge >= 0.3 is 0 Å². The van der Waals surface area contributed by atoms with Crippen molar-refractivity contribution in [2.45, 2.75) is 0 Å². The molecule has 0 bridgehead atoms. The zero-order valence-electron chi connectivity index (χ0n) is 12.3. The van der Waals surface area contributed by atoms with Crippen LogP contribution in [0.4, 0.5) is 11.8 Å². The Morgan fingerprint density at radius 3 is 2.21 bits per heavy atom. The van der Waals surface area contributed by atoms with Gasteiger partial charge in [0.05, 0.1) is 5.39 Å². The molecule has 0 radical (unpaired) electrons. The van der Waals surface area contributed by atoms with E-state index in [0.717, 1.165) is 5.56 Å². The Hall–Kier alpha value is -3.90. The molecule has 2 aromatic heterocycles. The van der Waals surface area contributed by atoms with E-state index in [2.05, 4.69) is 6.07 Å². The van der Waals surface area contributed by atoms with E-state index >= 15 is 0 Å². The van der Waals surface area contributed by atoms with Crippen LogP contribution in [-0.2, 0) is 0 Å². The van der Waals surface area contributed by atoms with Crippen LogP contribution in [0.25, 0.3) is 33.1 Å². The first-order valence-corrected chi connectivity index (χ1v) is 7.08. The van der Waals surface area contributed by atoms with Gasteiger partial charge in [0.2, 0.25) is 11.8 Å². The SMILES string of the molecule is N#Cc1c(N)oc2c(-c3ccccc3)c3c(C#N)c(N)oc3cc12. The second-order valence-corrected chi connectivity index (χ2v) is 5.27. The summed E-state index contributed by atoms with van der Waals surface area (Å²) in [5.74, 6) is 0.0626. The summed E-state index contributed by atoms with van der Waals surface area (Å²) in [5, 5.41) is 19.9. The molecule has 114 valence electrons. The van der Waals surface area contributed by atoms with Gasteiger partial charge < -0.3 is 20.3 Å². The van der Waals surface area contributed by atoms with Gasteiger partial charge in [0, 0.05) is 10.9 Å². The number of fused-ring (bicyclic) bond motifs is 2. The summed E-state index contributed by atoms with van der Waals surface area (Å²) in [6, 6.07) is 15.1. The third-order valence-electron chi connectivity index (χ3n) is 3.97. The van der Waals surface area contributed by atoms with E-state index in [4.69, 9.17) is 20.3 Å². The minimum absolute atomic E-state index is 0.0313. The summed E-state index contributed by atoms with van der Waals surface area (Å²) in [7, 11) is 0. The molecule has 0 saturated heterocycles. The number of nitrogen functional groups attached to an aromatic ring is 2. The molecule has 0 amide bonds. The molecule has 0 aliphatic rings. The summed E-state index contributed by atoms with van der Waals surface area (Å²) in [4.78, 5) is 0. The fourth-order valence-electron chi connectivity index (χ4n) is 2.95. The summed E-state index contributed by atoms with van der Waals surface area (Å²) in [6.45, 7) is 0. The summed E-state index contributed by atoms with van der Waals surface area (Å²) < 4.78 is 11.2. The van der Waals surface area contributed by atoms with Gasteiger partial charge in [-0.1, -0.05) is 30.3 Å². The van der Waals surface area contributed by atoms with E-state index in [0.29, 0.717) is 27.5 Å². The van der Waals surface area contributed by atoms with Crippen LogP contribution >= 0.6 is 0 Å². The highest BCUT2D eigenvalue weighted by Gasteiger charge is 2.24. The molecule has 0 saturated carbocycles. The molecule has 0 atom stereocenters. The van der Waals surface area contributed by atoms with Gasteiger partial charge in [-0.15, -0.1) is 0 Å². The highest BCUT2D eigenvalue weighted by Crippen LogP contribution is 2.43. The first-order valence-electron chi connectivity index (χ1n) is 7.08. The van der Waals surface area contributed by atoms with E-state index in [-0.39, 0.29) is 22.9 Å². The van der Waals surface area contributed by atoms with Crippen molar-refractivity contribution in [3.8, 4) is 23.3 Å². The summed E-state index contributed by atoms with van der Waals surface area (Å²) >= 11 is 0. The number of anilines is 2. The molecule has 0 spiro atoms. The van der Waals surface area contributed by atoms with E-state index in [1.807, 2.05) is 36.4 Å². The van der Waals surface area contributed by atoms with Crippen molar-refractivity contribution < 1.29 is 8.83 Å². The molecule has 6 nitrogen and oxygen atoms in total. The van der Waals surface area contributed by atoms with Crippen LogP contribution in [0.5, 0.6) is 0 Å². The molecule has 2 aromatic carbocycles. The number of hydrogen-bond donors (Lipinski definition) is 2. The summed E-state index contributed by atoms with van der Waals surface area (Å²) in [6.07, 6.45) is 0. The predicted molar refractivity (Wildman–Crippen MR) is 89.7 cm³/mol. The van der Waals surface area contributed by atoms with Crippen molar-refractivity contribution in [1.29, 1.82) is 10.5 Å². The van der Waals surface area contributed by atoms with E-state index in [1.54, 1.807) is 6.07 Å². The highest BCUT2D eigenvalue weighted by molar-refractivity contribution is 6.14. The highest BCUT2D eigenvalue weighted by atomic mass is 16.4. The Bertz CT molecular complexity index is 1190. The second-order valence-electron chi connectivity index (χ2n) is 5.27. The molecule has 0 aliphatic heterocycles. The average molecular weight is 314 g/mol.